The van der Waals surface area contributed by atoms with Gasteiger partial charge in [0.05, 0.1) is 23.5 Å². The second kappa shape index (κ2) is 7.39. The topological polar surface area (TPSA) is 113 Å². The Morgan fingerprint density at radius 2 is 2.10 bits per heavy atom. The molecule has 4 rings (SSSR count). The number of pyridine rings is 1. The van der Waals surface area contributed by atoms with Crippen LogP contribution in [-0.4, -0.2) is 37.0 Å². The molecule has 0 spiro atoms. The molecule has 1 aliphatic heterocycles. The van der Waals surface area contributed by atoms with Crippen molar-refractivity contribution >= 4 is 34.9 Å². The van der Waals surface area contributed by atoms with Gasteiger partial charge in [0, 0.05) is 17.7 Å². The molecule has 1 aliphatic rings. The highest BCUT2D eigenvalue weighted by atomic mass is 32.2. The number of carbonyl (C=O) groups is 1. The minimum atomic E-state index is -0.951. The van der Waals surface area contributed by atoms with E-state index >= 15 is 0 Å². The number of nitrogens with one attached hydrogen (secondary N) is 1. The van der Waals surface area contributed by atoms with E-state index in [1.165, 1.54) is 0 Å². The number of rotatable bonds is 5. The van der Waals surface area contributed by atoms with Crippen LogP contribution in [0.3, 0.4) is 0 Å². The number of aromatic nitrogens is 3. The summed E-state index contributed by atoms with van der Waals surface area (Å²) in [5.41, 5.74) is 3.16. The maximum Gasteiger partial charge on any atom is 0.313 e. The summed E-state index contributed by atoms with van der Waals surface area (Å²) in [6, 6.07) is 11.8. The predicted molar refractivity (Wildman–Crippen MR) is 108 cm³/mol. The van der Waals surface area contributed by atoms with Crippen LogP contribution in [0.4, 0.5) is 11.5 Å². The van der Waals surface area contributed by atoms with Crippen molar-refractivity contribution in [3.05, 3.63) is 47.0 Å². The van der Waals surface area contributed by atoms with Crippen LogP contribution in [0.25, 0.3) is 5.65 Å². The van der Waals surface area contributed by atoms with Crippen molar-refractivity contribution in [1.29, 1.82) is 5.26 Å². The van der Waals surface area contributed by atoms with Gasteiger partial charge in [0.25, 0.3) is 0 Å². The quantitative estimate of drug-likeness (QED) is 0.617. The van der Waals surface area contributed by atoms with Crippen LogP contribution in [-0.2, 0) is 22.6 Å². The highest BCUT2D eigenvalue weighted by Crippen LogP contribution is 2.38. The largest absolute Gasteiger partial charge is 0.481 e. The van der Waals surface area contributed by atoms with Crippen LogP contribution in [0.15, 0.2) is 35.5 Å². The summed E-state index contributed by atoms with van der Waals surface area (Å²) in [6.45, 7) is 4.29. The molecule has 0 saturated carbocycles. The fraction of sp³-hybridized carbons (Fsp3) is 0.300. The lowest BCUT2D eigenvalue weighted by Crippen LogP contribution is -2.33. The Morgan fingerprint density at radius 1 is 1.34 bits per heavy atom. The first-order chi connectivity index (χ1) is 13.9. The summed E-state index contributed by atoms with van der Waals surface area (Å²) in [4.78, 5) is 11.1. The molecule has 8 nitrogen and oxygen atoms in total. The first kappa shape index (κ1) is 19.2. The van der Waals surface area contributed by atoms with Crippen molar-refractivity contribution in [1.82, 2.24) is 14.6 Å². The third-order valence-corrected chi connectivity index (χ3v) is 5.63. The molecule has 0 amide bonds. The molecule has 1 aromatic carbocycles. The number of nitrogens with zero attached hydrogens (tertiary/aromatic N) is 4. The van der Waals surface area contributed by atoms with Gasteiger partial charge in [-0.3, -0.25) is 9.20 Å². The van der Waals surface area contributed by atoms with E-state index in [0.717, 1.165) is 28.6 Å². The predicted octanol–water partition coefficient (Wildman–Crippen LogP) is 3.37. The molecule has 2 aromatic heterocycles. The van der Waals surface area contributed by atoms with Crippen LogP contribution in [0, 0.1) is 11.3 Å². The molecule has 0 radical (unpaired) electrons. The first-order valence-corrected chi connectivity index (χ1v) is 10.0. The van der Waals surface area contributed by atoms with Crippen LogP contribution in [0.1, 0.15) is 30.5 Å². The molecule has 0 bridgehead atoms. The third-order valence-electron chi connectivity index (χ3n) is 4.71. The van der Waals surface area contributed by atoms with E-state index in [-0.39, 0.29) is 5.75 Å². The monoisotopic (exact) mass is 409 g/mol. The van der Waals surface area contributed by atoms with Gasteiger partial charge in [0.15, 0.2) is 10.8 Å². The molecule has 148 valence electrons. The summed E-state index contributed by atoms with van der Waals surface area (Å²) in [7, 11) is 0. The molecule has 0 aliphatic carbocycles. The lowest BCUT2D eigenvalue weighted by atomic mass is 9.89. The number of thioether (sulfide) groups is 1. The fourth-order valence-electron chi connectivity index (χ4n) is 3.42. The zero-order chi connectivity index (χ0) is 20.6. The molecule has 3 heterocycles. The van der Waals surface area contributed by atoms with E-state index < -0.39 is 11.6 Å². The Morgan fingerprint density at radius 3 is 2.79 bits per heavy atom. The van der Waals surface area contributed by atoms with Gasteiger partial charge in [-0.05, 0) is 31.5 Å². The Balaban J connectivity index is 1.96. The number of benzene rings is 1. The molecule has 0 saturated heterocycles. The normalized spacial score (nSPS) is 14.9. The molecule has 3 aromatic rings. The maximum absolute atomic E-state index is 11.1. The van der Waals surface area contributed by atoms with Crippen molar-refractivity contribution in [3.8, 4) is 6.07 Å². The zero-order valence-electron chi connectivity index (χ0n) is 16.0. The molecule has 29 heavy (non-hydrogen) atoms. The lowest BCUT2D eigenvalue weighted by molar-refractivity contribution is -0.133. The summed E-state index contributed by atoms with van der Waals surface area (Å²) in [5.74, 6) is -0.579. The summed E-state index contributed by atoms with van der Waals surface area (Å²) >= 11 is 1.06. The van der Waals surface area contributed by atoms with Gasteiger partial charge < -0.3 is 15.2 Å². The Labute approximate surface area is 171 Å². The second-order valence-corrected chi connectivity index (χ2v) is 8.28. The number of carboxylic acid groups (broad SMARTS) is 1. The molecule has 2 N–H and O–H groups in total. The second-order valence-electron chi connectivity index (χ2n) is 7.33. The number of nitriles is 1. The summed E-state index contributed by atoms with van der Waals surface area (Å²) < 4.78 is 7.68. The number of para-hydroxylation sites is 1. The molecular weight excluding hydrogens is 390 g/mol. The van der Waals surface area contributed by atoms with Crippen LogP contribution >= 0.6 is 11.8 Å². The van der Waals surface area contributed by atoms with E-state index in [4.69, 9.17) is 9.84 Å². The molecule has 9 heteroatoms. The van der Waals surface area contributed by atoms with Crippen molar-refractivity contribution in [2.45, 2.75) is 37.6 Å². The smallest absolute Gasteiger partial charge is 0.313 e. The Kier molecular flexibility index (Phi) is 4.90. The highest BCUT2D eigenvalue weighted by molar-refractivity contribution is 7.99. The van der Waals surface area contributed by atoms with Gasteiger partial charge in [-0.1, -0.05) is 30.0 Å². The average molecular weight is 409 g/mol. The van der Waals surface area contributed by atoms with Gasteiger partial charge in [-0.2, -0.15) is 5.26 Å². The third kappa shape index (κ3) is 3.64. The molecular formula is C20H19N5O3S. The highest BCUT2D eigenvalue weighted by Gasteiger charge is 2.33. The number of fused-ring (bicyclic) bond motifs is 3. The molecule has 0 fully saturated rings. The van der Waals surface area contributed by atoms with Crippen LogP contribution < -0.4 is 5.32 Å². The van der Waals surface area contributed by atoms with Crippen molar-refractivity contribution in [2.75, 3.05) is 11.1 Å². The van der Waals surface area contributed by atoms with Gasteiger partial charge in [0.2, 0.25) is 0 Å². The number of hydrogen-bond acceptors (Lipinski definition) is 7. The Hall–Kier alpha value is -3.09. The number of carboxylic acids is 1. The van der Waals surface area contributed by atoms with E-state index in [1.807, 2.05) is 44.2 Å². The standard InChI is InChI=1S/C20H19N5O3S/c1-20(2)8-13-14(9-21)17(22-12-6-4-3-5-7-12)25-18(15(13)10-28-20)23-24-19(25)29-11-16(26)27/h3-7,22H,8,10-11H2,1-2H3,(H,26,27). The van der Waals surface area contributed by atoms with Gasteiger partial charge in [-0.15, -0.1) is 10.2 Å². The number of aliphatic carboxylic acids is 1. The van der Waals surface area contributed by atoms with E-state index in [1.54, 1.807) is 4.40 Å². The van der Waals surface area contributed by atoms with Gasteiger partial charge >= 0.3 is 5.97 Å². The molecule has 0 unspecified atom stereocenters. The van der Waals surface area contributed by atoms with Gasteiger partial charge in [0.1, 0.15) is 11.9 Å². The van der Waals surface area contributed by atoms with Crippen molar-refractivity contribution < 1.29 is 14.6 Å². The average Bonchev–Trinajstić information content (AvgIpc) is 3.10. The van der Waals surface area contributed by atoms with Gasteiger partial charge in [-0.25, -0.2) is 0 Å². The van der Waals surface area contributed by atoms with E-state index in [0.29, 0.717) is 35.2 Å². The lowest BCUT2D eigenvalue weighted by Gasteiger charge is -2.33. The first-order valence-electron chi connectivity index (χ1n) is 9.03. The summed E-state index contributed by atoms with van der Waals surface area (Å²) in [5, 5.41) is 31.3. The maximum atomic E-state index is 11.1. The van der Waals surface area contributed by atoms with Crippen LogP contribution in [0.5, 0.6) is 0 Å². The molecule has 0 atom stereocenters. The minimum Gasteiger partial charge on any atom is -0.481 e. The number of ether oxygens (including phenoxy) is 1. The zero-order valence-corrected chi connectivity index (χ0v) is 16.8. The summed E-state index contributed by atoms with van der Waals surface area (Å²) in [6.07, 6.45) is 0.565. The van der Waals surface area contributed by atoms with E-state index in [2.05, 4.69) is 21.6 Å². The fourth-order valence-corrected chi connectivity index (χ4v) is 4.07. The van der Waals surface area contributed by atoms with Crippen LogP contribution in [0.2, 0.25) is 0 Å². The number of anilines is 2. The Bertz CT molecular complexity index is 1130. The number of hydrogen-bond donors (Lipinski definition) is 2. The van der Waals surface area contributed by atoms with E-state index in [9.17, 15) is 10.1 Å². The van der Waals surface area contributed by atoms with Crippen molar-refractivity contribution in [3.63, 3.8) is 0 Å². The SMILES string of the molecule is CC1(C)Cc2c(C#N)c(Nc3ccccc3)n3c(SCC(=O)O)nnc3c2CO1. The minimum absolute atomic E-state index is 0.159. The van der Waals surface area contributed by atoms with Crippen molar-refractivity contribution in [2.24, 2.45) is 0 Å².